The molecule has 0 radical (unpaired) electrons. The molecule has 0 spiro atoms. The summed E-state index contributed by atoms with van der Waals surface area (Å²) in [7, 11) is -8.19. The first-order valence-corrected chi connectivity index (χ1v) is 16.4. The quantitative estimate of drug-likeness (QED) is 0.154. The number of hydrogen-bond donors (Lipinski definition) is 2. The van der Waals surface area contributed by atoms with Crippen molar-refractivity contribution in [3.05, 3.63) is 0 Å². The predicted octanol–water partition coefficient (Wildman–Crippen LogP) is 5.63. The van der Waals surface area contributed by atoms with Crippen molar-refractivity contribution in [2.45, 2.75) is 134 Å². The van der Waals surface area contributed by atoms with Crippen molar-refractivity contribution in [1.29, 1.82) is 10.5 Å². The fourth-order valence-corrected chi connectivity index (χ4v) is 9.07. The molecule has 8 nitrogen and oxygen atoms in total. The summed E-state index contributed by atoms with van der Waals surface area (Å²) in [6.45, 7) is 4.09. The summed E-state index contributed by atoms with van der Waals surface area (Å²) in [5.74, 6) is 0. The molecule has 204 valence electrons. The summed E-state index contributed by atoms with van der Waals surface area (Å²) >= 11 is 0. The predicted molar refractivity (Wildman–Crippen MR) is 142 cm³/mol. The van der Waals surface area contributed by atoms with Gasteiger partial charge in [0.1, 0.15) is 0 Å². The van der Waals surface area contributed by atoms with E-state index in [2.05, 4.69) is 21.6 Å². The summed E-state index contributed by atoms with van der Waals surface area (Å²) in [6, 6.07) is 4.26. The molecule has 0 aromatic carbocycles. The van der Waals surface area contributed by atoms with E-state index in [1.165, 1.54) is 0 Å². The molecule has 0 aromatic rings. The molecule has 0 rings (SSSR count). The largest absolute Gasteiger partial charge is 0.233 e. The lowest BCUT2D eigenvalue weighted by Crippen LogP contribution is -2.56. The molecule has 0 aliphatic carbocycles. The lowest BCUT2D eigenvalue weighted by molar-refractivity contribution is 0.482. The highest BCUT2D eigenvalue weighted by molar-refractivity contribution is 8.08. The summed E-state index contributed by atoms with van der Waals surface area (Å²) in [4.78, 5) is 0. The maximum absolute atomic E-state index is 13.4. The molecule has 0 amide bonds. The van der Waals surface area contributed by atoms with Crippen LogP contribution in [-0.2, 0) is 20.0 Å². The zero-order valence-corrected chi connectivity index (χ0v) is 23.6. The molecule has 0 saturated carbocycles. The van der Waals surface area contributed by atoms with Crippen LogP contribution in [0.5, 0.6) is 0 Å². The minimum absolute atomic E-state index is 0.0588. The average molecular weight is 533 g/mol. The number of nitrogens with one attached hydrogen (secondary N) is 2. The Morgan fingerprint density at radius 1 is 0.571 bits per heavy atom. The number of nitrogens with zero attached hydrogens (tertiary/aromatic N) is 2. The number of rotatable bonds is 24. The second kappa shape index (κ2) is 19.9. The van der Waals surface area contributed by atoms with Gasteiger partial charge in [0.15, 0.2) is 0 Å². The lowest BCUT2D eigenvalue weighted by Gasteiger charge is -2.32. The Bertz CT molecular complexity index is 761. The Balaban J connectivity index is 4.86. The van der Waals surface area contributed by atoms with Gasteiger partial charge in [-0.05, 0) is 38.5 Å². The van der Waals surface area contributed by atoms with Crippen molar-refractivity contribution in [3.63, 3.8) is 0 Å². The smallest absolute Gasteiger partial charge is 0.214 e. The van der Waals surface area contributed by atoms with Gasteiger partial charge >= 0.3 is 0 Å². The summed E-state index contributed by atoms with van der Waals surface area (Å²) in [6.07, 6.45) is 13.0. The van der Waals surface area contributed by atoms with Crippen molar-refractivity contribution >= 4 is 20.0 Å². The fraction of sp³-hybridized carbons (Fsp3) is 0.920. The van der Waals surface area contributed by atoms with Crippen LogP contribution >= 0.6 is 0 Å². The maximum atomic E-state index is 13.4. The van der Waals surface area contributed by atoms with E-state index in [1.807, 2.05) is 13.8 Å². The van der Waals surface area contributed by atoms with Gasteiger partial charge in [0.25, 0.3) is 0 Å². The van der Waals surface area contributed by atoms with Gasteiger partial charge < -0.3 is 0 Å². The Labute approximate surface area is 215 Å². The Hall–Kier alpha value is -1.20. The number of sulfonamides is 2. The highest BCUT2D eigenvalue weighted by Crippen LogP contribution is 2.34. The molecule has 35 heavy (non-hydrogen) atoms. The first kappa shape index (κ1) is 33.8. The van der Waals surface area contributed by atoms with Gasteiger partial charge in [-0.1, -0.05) is 78.1 Å². The van der Waals surface area contributed by atoms with Crippen LogP contribution in [0.1, 0.15) is 129 Å². The normalized spacial score (nSPS) is 12.3. The molecule has 0 aliphatic heterocycles. The Morgan fingerprint density at radius 2 is 0.886 bits per heavy atom. The third-order valence-corrected chi connectivity index (χ3v) is 11.5. The van der Waals surface area contributed by atoms with Crippen molar-refractivity contribution in [3.8, 4) is 12.1 Å². The van der Waals surface area contributed by atoms with Gasteiger partial charge in [0.2, 0.25) is 24.1 Å². The molecule has 10 heteroatoms. The Morgan fingerprint density at radius 3 is 1.20 bits per heavy atom. The second-order valence-corrected chi connectivity index (χ2v) is 13.7. The van der Waals surface area contributed by atoms with E-state index in [1.54, 1.807) is 0 Å². The third kappa shape index (κ3) is 13.1. The highest BCUT2D eigenvalue weighted by Gasteiger charge is 2.53. The molecule has 0 fully saturated rings. The van der Waals surface area contributed by atoms with Crippen molar-refractivity contribution in [2.24, 2.45) is 0 Å². The molecule has 0 saturated heterocycles. The van der Waals surface area contributed by atoms with Crippen LogP contribution in [0.15, 0.2) is 0 Å². The van der Waals surface area contributed by atoms with Crippen molar-refractivity contribution in [1.82, 2.24) is 9.44 Å². The minimum Gasteiger partial charge on any atom is -0.214 e. The van der Waals surface area contributed by atoms with Gasteiger partial charge in [0.05, 0.1) is 12.1 Å². The molecular formula is C25H48N4O4S2. The molecule has 2 N–H and O–H groups in total. The van der Waals surface area contributed by atoms with E-state index in [9.17, 15) is 16.8 Å². The molecule has 0 bridgehead atoms. The van der Waals surface area contributed by atoms with Crippen LogP contribution < -0.4 is 9.44 Å². The lowest BCUT2D eigenvalue weighted by atomic mass is 10.1. The van der Waals surface area contributed by atoms with Crippen LogP contribution in [0.4, 0.5) is 0 Å². The SMILES string of the molecule is CCCC(CCC)(S(=O)(=O)NCCCCCCCCC#N)S(=O)(=O)NCCCCCCCCC#N. The van der Waals surface area contributed by atoms with E-state index in [-0.39, 0.29) is 25.9 Å². The maximum Gasteiger partial charge on any atom is 0.233 e. The molecule has 0 aliphatic rings. The van der Waals surface area contributed by atoms with Crippen LogP contribution in [0, 0.1) is 22.7 Å². The topological polar surface area (TPSA) is 140 Å². The van der Waals surface area contributed by atoms with Crippen LogP contribution in [0.2, 0.25) is 0 Å². The average Bonchev–Trinajstić information content (AvgIpc) is 2.81. The van der Waals surface area contributed by atoms with E-state index >= 15 is 0 Å². The standard InChI is InChI=1S/C25H48N4O4S2/c1-3-19-25(20-4-2,34(30,31)28-23-17-13-9-5-7-11-15-21-26)35(32,33)29-24-18-14-10-6-8-12-16-22-27/h28-29H,3-20,23-24H2,1-2H3. The first-order chi connectivity index (χ1) is 16.7. The van der Waals surface area contributed by atoms with Gasteiger partial charge in [0, 0.05) is 25.9 Å². The van der Waals surface area contributed by atoms with Crippen LogP contribution in [0.25, 0.3) is 0 Å². The number of hydrogen-bond acceptors (Lipinski definition) is 6. The van der Waals surface area contributed by atoms with Gasteiger partial charge in [-0.2, -0.15) is 10.5 Å². The molecule has 0 heterocycles. The van der Waals surface area contributed by atoms with E-state index in [4.69, 9.17) is 10.5 Å². The number of nitriles is 2. The number of unbranched alkanes of at least 4 members (excludes halogenated alkanes) is 12. The third-order valence-electron chi connectivity index (χ3n) is 6.26. The zero-order valence-electron chi connectivity index (χ0n) is 22.0. The molecular weight excluding hydrogens is 484 g/mol. The van der Waals surface area contributed by atoms with Crippen molar-refractivity contribution < 1.29 is 16.8 Å². The second-order valence-electron chi connectivity index (χ2n) is 9.27. The van der Waals surface area contributed by atoms with E-state index in [0.29, 0.717) is 38.5 Å². The van der Waals surface area contributed by atoms with E-state index < -0.39 is 24.1 Å². The fourth-order valence-electron chi connectivity index (χ4n) is 4.32. The summed E-state index contributed by atoms with van der Waals surface area (Å²) in [5.41, 5.74) is 0. The molecule has 0 atom stereocenters. The van der Waals surface area contributed by atoms with Gasteiger partial charge in [-0.15, -0.1) is 0 Å². The highest BCUT2D eigenvalue weighted by atomic mass is 32.3. The minimum atomic E-state index is -4.09. The van der Waals surface area contributed by atoms with Gasteiger partial charge in [-0.3, -0.25) is 0 Å². The van der Waals surface area contributed by atoms with Crippen LogP contribution in [0.3, 0.4) is 0 Å². The van der Waals surface area contributed by atoms with E-state index in [0.717, 1.165) is 64.2 Å². The zero-order chi connectivity index (χ0) is 26.5. The summed E-state index contributed by atoms with van der Waals surface area (Å²) < 4.78 is 56.8. The molecule has 0 unspecified atom stereocenters. The summed E-state index contributed by atoms with van der Waals surface area (Å²) in [5, 5.41) is 17.1. The van der Waals surface area contributed by atoms with Crippen LogP contribution in [-0.4, -0.2) is 34.0 Å². The van der Waals surface area contributed by atoms with Crippen molar-refractivity contribution in [2.75, 3.05) is 13.1 Å². The Kier molecular flexibility index (Phi) is 19.2. The monoisotopic (exact) mass is 532 g/mol. The molecule has 0 aromatic heterocycles. The van der Waals surface area contributed by atoms with Gasteiger partial charge in [-0.25, -0.2) is 26.3 Å². The first-order valence-electron chi connectivity index (χ1n) is 13.5.